The van der Waals surface area contributed by atoms with E-state index >= 15 is 0 Å². The van der Waals surface area contributed by atoms with Crippen molar-refractivity contribution < 1.29 is 9.13 Å². The van der Waals surface area contributed by atoms with Crippen LogP contribution < -0.4 is 10.1 Å². The first-order valence-electron chi connectivity index (χ1n) is 5.23. The summed E-state index contributed by atoms with van der Waals surface area (Å²) in [6, 6.07) is 4.78. The number of hydrogen-bond acceptors (Lipinski definition) is 2. The second-order valence-corrected chi connectivity index (χ2v) is 3.52. The summed E-state index contributed by atoms with van der Waals surface area (Å²) < 4.78 is 18.4. The van der Waals surface area contributed by atoms with Crippen molar-refractivity contribution in [3.63, 3.8) is 0 Å². The Morgan fingerprint density at radius 1 is 1.47 bits per heavy atom. The molecule has 1 atom stereocenters. The van der Waals surface area contributed by atoms with Gasteiger partial charge in [0.2, 0.25) is 0 Å². The molecule has 1 aromatic carbocycles. The van der Waals surface area contributed by atoms with E-state index in [9.17, 15) is 4.39 Å². The number of rotatable bonds is 5. The predicted octanol–water partition coefficient (Wildman–Crippen LogP) is 2.89. The van der Waals surface area contributed by atoms with Crippen molar-refractivity contribution >= 4 is 0 Å². The normalized spacial score (nSPS) is 12.5. The highest BCUT2D eigenvalue weighted by Crippen LogP contribution is 2.28. The molecule has 1 N–H and O–H groups in total. The van der Waals surface area contributed by atoms with Crippen LogP contribution in [-0.2, 0) is 0 Å². The molecule has 0 aliphatic rings. The summed E-state index contributed by atoms with van der Waals surface area (Å²) in [5.41, 5.74) is 0.891. The Bertz CT molecular complexity index is 314. The largest absolute Gasteiger partial charge is 0.496 e. The summed E-state index contributed by atoms with van der Waals surface area (Å²) in [4.78, 5) is 0. The van der Waals surface area contributed by atoms with Crippen molar-refractivity contribution in [1.29, 1.82) is 0 Å². The molecular weight excluding hydrogens is 193 g/mol. The summed E-state index contributed by atoms with van der Waals surface area (Å²) in [7, 11) is 3.49. The minimum Gasteiger partial charge on any atom is -0.496 e. The molecule has 3 heteroatoms. The van der Waals surface area contributed by atoms with Gasteiger partial charge in [-0.15, -0.1) is 0 Å². The standard InChI is InChI=1S/C12H18FNO/c1-4-5-11(14-2)10-8-9(13)6-7-12(10)15-3/h6-8,11,14H,4-5H2,1-3H3. The summed E-state index contributed by atoms with van der Waals surface area (Å²) in [5.74, 6) is 0.520. The number of hydrogen-bond donors (Lipinski definition) is 1. The van der Waals surface area contributed by atoms with E-state index in [1.54, 1.807) is 13.2 Å². The molecule has 1 unspecified atom stereocenters. The molecule has 0 spiro atoms. The zero-order valence-corrected chi connectivity index (χ0v) is 9.51. The molecule has 0 fully saturated rings. The molecule has 2 nitrogen and oxygen atoms in total. The second kappa shape index (κ2) is 5.71. The monoisotopic (exact) mass is 211 g/mol. The zero-order valence-electron chi connectivity index (χ0n) is 9.51. The van der Waals surface area contributed by atoms with Crippen LogP contribution in [0.15, 0.2) is 18.2 Å². The van der Waals surface area contributed by atoms with Crippen LogP contribution in [0.25, 0.3) is 0 Å². The van der Waals surface area contributed by atoms with E-state index in [1.807, 2.05) is 7.05 Å². The van der Waals surface area contributed by atoms with E-state index in [0.29, 0.717) is 0 Å². The number of ether oxygens (including phenoxy) is 1. The lowest BCUT2D eigenvalue weighted by Crippen LogP contribution is -2.17. The van der Waals surface area contributed by atoms with Gasteiger partial charge in [0.15, 0.2) is 0 Å². The van der Waals surface area contributed by atoms with Gasteiger partial charge in [0.25, 0.3) is 0 Å². The smallest absolute Gasteiger partial charge is 0.123 e. The lowest BCUT2D eigenvalue weighted by Gasteiger charge is -2.18. The molecule has 0 saturated carbocycles. The molecule has 84 valence electrons. The Morgan fingerprint density at radius 2 is 2.20 bits per heavy atom. The van der Waals surface area contributed by atoms with E-state index in [1.165, 1.54) is 12.1 Å². The van der Waals surface area contributed by atoms with Crippen LogP contribution in [0.2, 0.25) is 0 Å². The molecule has 0 heterocycles. The van der Waals surface area contributed by atoms with E-state index in [-0.39, 0.29) is 11.9 Å². The first-order valence-corrected chi connectivity index (χ1v) is 5.23. The maximum Gasteiger partial charge on any atom is 0.123 e. The lowest BCUT2D eigenvalue weighted by molar-refractivity contribution is 0.396. The Morgan fingerprint density at radius 3 is 2.73 bits per heavy atom. The van der Waals surface area contributed by atoms with Crippen molar-refractivity contribution in [2.45, 2.75) is 25.8 Å². The Labute approximate surface area is 90.4 Å². The van der Waals surface area contributed by atoms with Crippen molar-refractivity contribution in [3.05, 3.63) is 29.6 Å². The average Bonchev–Trinajstić information content (AvgIpc) is 2.26. The summed E-state index contributed by atoms with van der Waals surface area (Å²) in [6.45, 7) is 2.11. The van der Waals surface area contributed by atoms with Crippen LogP contribution in [0.4, 0.5) is 4.39 Å². The third kappa shape index (κ3) is 2.93. The fraction of sp³-hybridized carbons (Fsp3) is 0.500. The molecule has 0 bridgehead atoms. The average molecular weight is 211 g/mol. The van der Waals surface area contributed by atoms with Gasteiger partial charge in [-0.2, -0.15) is 0 Å². The van der Waals surface area contributed by atoms with E-state index in [2.05, 4.69) is 12.2 Å². The quantitative estimate of drug-likeness (QED) is 0.808. The number of benzene rings is 1. The minimum atomic E-state index is -0.220. The van der Waals surface area contributed by atoms with Crippen LogP contribution in [-0.4, -0.2) is 14.2 Å². The summed E-state index contributed by atoms with van der Waals surface area (Å²) in [6.07, 6.45) is 2.02. The van der Waals surface area contributed by atoms with Gasteiger partial charge in [0.05, 0.1) is 7.11 Å². The Hall–Kier alpha value is -1.09. The first-order chi connectivity index (χ1) is 7.22. The SMILES string of the molecule is CCCC(NC)c1cc(F)ccc1OC. The third-order valence-corrected chi connectivity index (χ3v) is 2.49. The van der Waals surface area contributed by atoms with Gasteiger partial charge in [-0.25, -0.2) is 4.39 Å². The molecule has 0 saturated heterocycles. The molecule has 0 aromatic heterocycles. The third-order valence-electron chi connectivity index (χ3n) is 2.49. The van der Waals surface area contributed by atoms with Gasteiger partial charge in [-0.3, -0.25) is 0 Å². The van der Waals surface area contributed by atoms with Crippen molar-refractivity contribution in [2.24, 2.45) is 0 Å². The van der Waals surface area contributed by atoms with Crippen LogP contribution in [0.1, 0.15) is 31.4 Å². The van der Waals surface area contributed by atoms with Gasteiger partial charge in [0.1, 0.15) is 11.6 Å². The number of nitrogens with one attached hydrogen (secondary N) is 1. The number of methoxy groups -OCH3 is 1. The van der Waals surface area contributed by atoms with Gasteiger partial charge < -0.3 is 10.1 Å². The van der Waals surface area contributed by atoms with E-state index in [0.717, 1.165) is 24.2 Å². The van der Waals surface area contributed by atoms with Crippen molar-refractivity contribution in [3.8, 4) is 5.75 Å². The van der Waals surface area contributed by atoms with Gasteiger partial charge in [0, 0.05) is 11.6 Å². The van der Waals surface area contributed by atoms with E-state index in [4.69, 9.17) is 4.74 Å². The molecule has 0 aliphatic carbocycles. The first kappa shape index (κ1) is 12.0. The van der Waals surface area contributed by atoms with Gasteiger partial charge in [-0.05, 0) is 31.7 Å². The highest BCUT2D eigenvalue weighted by molar-refractivity contribution is 5.36. The second-order valence-electron chi connectivity index (χ2n) is 3.52. The highest BCUT2D eigenvalue weighted by atomic mass is 19.1. The summed E-state index contributed by atoms with van der Waals surface area (Å²) in [5, 5.41) is 3.17. The predicted molar refractivity (Wildman–Crippen MR) is 59.7 cm³/mol. The molecule has 0 aliphatic heterocycles. The molecule has 15 heavy (non-hydrogen) atoms. The summed E-state index contributed by atoms with van der Waals surface area (Å²) >= 11 is 0. The van der Waals surface area contributed by atoms with Crippen LogP contribution in [0.5, 0.6) is 5.75 Å². The zero-order chi connectivity index (χ0) is 11.3. The van der Waals surface area contributed by atoms with Gasteiger partial charge >= 0.3 is 0 Å². The molecule has 0 radical (unpaired) electrons. The number of halogens is 1. The molecule has 0 amide bonds. The van der Waals surface area contributed by atoms with Crippen LogP contribution >= 0.6 is 0 Å². The maximum atomic E-state index is 13.1. The van der Waals surface area contributed by atoms with Crippen molar-refractivity contribution in [2.75, 3.05) is 14.2 Å². The van der Waals surface area contributed by atoms with E-state index < -0.39 is 0 Å². The van der Waals surface area contributed by atoms with Crippen LogP contribution in [0.3, 0.4) is 0 Å². The topological polar surface area (TPSA) is 21.3 Å². The minimum absolute atomic E-state index is 0.153. The lowest BCUT2D eigenvalue weighted by atomic mass is 10.0. The molecule has 1 rings (SSSR count). The van der Waals surface area contributed by atoms with Crippen LogP contribution in [0, 0.1) is 5.82 Å². The fourth-order valence-corrected chi connectivity index (χ4v) is 1.72. The molecule has 1 aromatic rings. The van der Waals surface area contributed by atoms with Crippen molar-refractivity contribution in [1.82, 2.24) is 5.32 Å². The van der Waals surface area contributed by atoms with Gasteiger partial charge in [-0.1, -0.05) is 13.3 Å². The highest BCUT2D eigenvalue weighted by Gasteiger charge is 2.14. The Kier molecular flexibility index (Phi) is 4.56. The fourth-order valence-electron chi connectivity index (χ4n) is 1.72. The molecular formula is C12H18FNO. The Balaban J connectivity index is 3.02. The maximum absolute atomic E-state index is 13.1.